The monoisotopic (exact) mass is 249 g/mol. The van der Waals surface area contributed by atoms with E-state index in [0.29, 0.717) is 13.4 Å². The van der Waals surface area contributed by atoms with Crippen LogP contribution in [0.15, 0.2) is 18.2 Å². The summed E-state index contributed by atoms with van der Waals surface area (Å²) in [4.78, 5) is 0. The Hall–Kier alpha value is -1.73. The number of aliphatic hydroxyl groups is 1. The number of rotatable bonds is 5. The summed E-state index contributed by atoms with van der Waals surface area (Å²) in [5, 5.41) is 16.0. The summed E-state index contributed by atoms with van der Waals surface area (Å²) < 4.78 is 10.5. The average molecular weight is 249 g/mol. The van der Waals surface area contributed by atoms with Crippen molar-refractivity contribution < 1.29 is 14.6 Å². The van der Waals surface area contributed by atoms with E-state index in [1.54, 1.807) is 6.07 Å². The summed E-state index contributed by atoms with van der Waals surface area (Å²) in [7, 11) is 0. The Morgan fingerprint density at radius 2 is 1.94 bits per heavy atom. The Kier molecular flexibility index (Phi) is 6.67. The number of fused-ring (bicyclic) bond motifs is 1. The zero-order valence-corrected chi connectivity index (χ0v) is 10.7. The molecule has 0 unspecified atom stereocenters. The summed E-state index contributed by atoms with van der Waals surface area (Å²) >= 11 is 0. The van der Waals surface area contributed by atoms with Crippen molar-refractivity contribution in [3.8, 4) is 17.6 Å². The van der Waals surface area contributed by atoms with Gasteiger partial charge < -0.3 is 14.6 Å². The van der Waals surface area contributed by atoms with E-state index in [1.165, 1.54) is 12.5 Å². The Labute approximate surface area is 108 Å². The van der Waals surface area contributed by atoms with Crippen LogP contribution in [0.5, 0.6) is 11.5 Å². The first-order valence-corrected chi connectivity index (χ1v) is 6.12. The van der Waals surface area contributed by atoms with Gasteiger partial charge in [-0.15, -0.1) is 0 Å². The number of aryl methyl sites for hydroxylation is 1. The maximum atomic E-state index is 8.65. The topological polar surface area (TPSA) is 62.5 Å². The average Bonchev–Trinajstić information content (AvgIpc) is 2.83. The normalized spacial score (nSPS) is 11.4. The molecule has 1 aliphatic rings. The van der Waals surface area contributed by atoms with Crippen LogP contribution in [0.25, 0.3) is 0 Å². The Morgan fingerprint density at radius 3 is 2.67 bits per heavy atom. The standard InChI is InChI=1S/C12H16O3.C2H3N/c13-7-3-1-2-4-10-5-6-11-12(8-10)15-9-14-11;1-2-3/h5-6,8,13H,1-4,7,9H2;1H3. The predicted octanol–water partition coefficient (Wildman–Crippen LogP) is 2.65. The second-order valence-corrected chi connectivity index (χ2v) is 3.95. The highest BCUT2D eigenvalue weighted by Crippen LogP contribution is 2.32. The number of ether oxygens (including phenoxy) is 2. The highest BCUT2D eigenvalue weighted by molar-refractivity contribution is 5.44. The van der Waals surface area contributed by atoms with E-state index in [1.807, 2.05) is 12.1 Å². The van der Waals surface area contributed by atoms with Crippen LogP contribution in [0, 0.1) is 11.3 Å². The number of aliphatic hydroxyl groups excluding tert-OH is 1. The van der Waals surface area contributed by atoms with Crippen LogP contribution >= 0.6 is 0 Å². The minimum absolute atomic E-state index is 0.293. The minimum Gasteiger partial charge on any atom is -0.454 e. The lowest BCUT2D eigenvalue weighted by Gasteiger charge is -2.02. The van der Waals surface area contributed by atoms with Crippen molar-refractivity contribution in [3.63, 3.8) is 0 Å². The third-order valence-electron chi connectivity index (χ3n) is 2.56. The van der Waals surface area contributed by atoms with Gasteiger partial charge >= 0.3 is 0 Å². The largest absolute Gasteiger partial charge is 0.454 e. The fourth-order valence-electron chi connectivity index (χ4n) is 1.71. The first-order valence-electron chi connectivity index (χ1n) is 6.12. The first-order chi connectivity index (χ1) is 8.81. The van der Waals surface area contributed by atoms with Crippen LogP contribution in [-0.4, -0.2) is 18.5 Å². The molecule has 98 valence electrons. The smallest absolute Gasteiger partial charge is 0.231 e. The highest BCUT2D eigenvalue weighted by atomic mass is 16.7. The van der Waals surface area contributed by atoms with E-state index in [9.17, 15) is 0 Å². The number of hydrogen-bond donors (Lipinski definition) is 1. The van der Waals surface area contributed by atoms with Crippen LogP contribution in [0.2, 0.25) is 0 Å². The summed E-state index contributed by atoms with van der Waals surface area (Å²) in [5.74, 6) is 1.70. The minimum atomic E-state index is 0.293. The van der Waals surface area contributed by atoms with Gasteiger partial charge in [0.25, 0.3) is 0 Å². The molecule has 0 bridgehead atoms. The third kappa shape index (κ3) is 4.64. The number of hydrogen-bond acceptors (Lipinski definition) is 4. The fourth-order valence-corrected chi connectivity index (χ4v) is 1.71. The van der Waals surface area contributed by atoms with Crippen molar-refractivity contribution in [3.05, 3.63) is 23.8 Å². The van der Waals surface area contributed by atoms with Crippen LogP contribution < -0.4 is 9.47 Å². The van der Waals surface area contributed by atoms with Gasteiger partial charge in [0.05, 0.1) is 6.07 Å². The lowest BCUT2D eigenvalue weighted by Crippen LogP contribution is -1.93. The second kappa shape index (κ2) is 8.37. The van der Waals surface area contributed by atoms with E-state index >= 15 is 0 Å². The van der Waals surface area contributed by atoms with Crippen LogP contribution in [-0.2, 0) is 6.42 Å². The highest BCUT2D eigenvalue weighted by Gasteiger charge is 2.12. The molecule has 0 spiro atoms. The number of unbranched alkanes of at least 4 members (excludes halogenated alkanes) is 2. The van der Waals surface area contributed by atoms with Gasteiger partial charge in [-0.25, -0.2) is 0 Å². The Bertz CT molecular complexity index is 399. The van der Waals surface area contributed by atoms with Crippen molar-refractivity contribution in [2.24, 2.45) is 0 Å². The van der Waals surface area contributed by atoms with E-state index in [-0.39, 0.29) is 0 Å². The fraction of sp³-hybridized carbons (Fsp3) is 0.500. The molecule has 0 radical (unpaired) electrons. The third-order valence-corrected chi connectivity index (χ3v) is 2.56. The zero-order chi connectivity index (χ0) is 13.2. The van der Waals surface area contributed by atoms with Crippen LogP contribution in [0.1, 0.15) is 31.7 Å². The molecule has 0 amide bonds. The van der Waals surface area contributed by atoms with Crippen LogP contribution in [0.4, 0.5) is 0 Å². The summed E-state index contributed by atoms with van der Waals surface area (Å²) in [6, 6.07) is 7.83. The molecule has 1 aromatic rings. The second-order valence-electron chi connectivity index (χ2n) is 3.95. The zero-order valence-electron chi connectivity index (χ0n) is 10.7. The molecular weight excluding hydrogens is 230 g/mol. The van der Waals surface area contributed by atoms with E-state index in [4.69, 9.17) is 19.8 Å². The van der Waals surface area contributed by atoms with Crippen molar-refractivity contribution in [2.75, 3.05) is 13.4 Å². The van der Waals surface area contributed by atoms with Crippen molar-refractivity contribution in [2.45, 2.75) is 32.6 Å². The van der Waals surface area contributed by atoms with E-state index in [2.05, 4.69) is 6.07 Å². The molecule has 0 fully saturated rings. The van der Waals surface area contributed by atoms with E-state index < -0.39 is 0 Å². The maximum absolute atomic E-state index is 8.65. The SMILES string of the molecule is CC#N.OCCCCCc1ccc2c(c1)OCO2. The maximum Gasteiger partial charge on any atom is 0.231 e. The molecule has 4 nitrogen and oxygen atoms in total. The quantitative estimate of drug-likeness (QED) is 0.815. The lowest BCUT2D eigenvalue weighted by molar-refractivity contribution is 0.174. The van der Waals surface area contributed by atoms with E-state index in [0.717, 1.165) is 37.2 Å². The molecule has 1 aliphatic heterocycles. The summed E-state index contributed by atoms with van der Waals surface area (Å²) in [6.45, 7) is 2.06. The number of nitriles is 1. The summed E-state index contributed by atoms with van der Waals surface area (Å²) in [6.07, 6.45) is 4.12. The van der Waals surface area contributed by atoms with Gasteiger partial charge in [0.1, 0.15) is 0 Å². The molecule has 0 aromatic heterocycles. The molecule has 0 saturated carbocycles. The Balaban J connectivity index is 0.000000492. The van der Waals surface area contributed by atoms with Crippen molar-refractivity contribution in [1.82, 2.24) is 0 Å². The molecular formula is C14H19NO3. The van der Waals surface area contributed by atoms with Gasteiger partial charge in [-0.1, -0.05) is 12.5 Å². The Morgan fingerprint density at radius 1 is 1.22 bits per heavy atom. The van der Waals surface area contributed by atoms with Gasteiger partial charge in [0, 0.05) is 13.5 Å². The van der Waals surface area contributed by atoms with Crippen LogP contribution in [0.3, 0.4) is 0 Å². The van der Waals surface area contributed by atoms with Gasteiger partial charge in [0.15, 0.2) is 11.5 Å². The first kappa shape index (κ1) is 14.3. The van der Waals surface area contributed by atoms with Gasteiger partial charge in [-0.3, -0.25) is 0 Å². The number of nitrogens with zero attached hydrogens (tertiary/aromatic N) is 1. The number of benzene rings is 1. The lowest BCUT2D eigenvalue weighted by atomic mass is 10.1. The molecule has 2 rings (SSSR count). The molecule has 4 heteroatoms. The molecule has 18 heavy (non-hydrogen) atoms. The van der Waals surface area contributed by atoms with Gasteiger partial charge in [-0.05, 0) is 37.0 Å². The molecule has 1 N–H and O–H groups in total. The molecule has 0 aliphatic carbocycles. The van der Waals surface area contributed by atoms with Gasteiger partial charge in [0.2, 0.25) is 6.79 Å². The predicted molar refractivity (Wildman–Crippen MR) is 68.5 cm³/mol. The molecule has 1 heterocycles. The van der Waals surface area contributed by atoms with Crippen molar-refractivity contribution >= 4 is 0 Å². The molecule has 0 saturated heterocycles. The van der Waals surface area contributed by atoms with Crippen molar-refractivity contribution in [1.29, 1.82) is 5.26 Å². The molecule has 0 atom stereocenters. The molecule has 1 aromatic carbocycles. The van der Waals surface area contributed by atoms with Gasteiger partial charge in [-0.2, -0.15) is 5.26 Å². The summed E-state index contributed by atoms with van der Waals surface area (Å²) in [5.41, 5.74) is 1.28.